The van der Waals surface area contributed by atoms with E-state index in [9.17, 15) is 18.0 Å². The highest BCUT2D eigenvalue weighted by Gasteiger charge is 2.23. The van der Waals surface area contributed by atoms with E-state index in [-0.39, 0.29) is 19.7 Å². The van der Waals surface area contributed by atoms with E-state index in [1.54, 1.807) is 29.2 Å². The largest absolute Gasteiger partial charge is 0.464 e. The van der Waals surface area contributed by atoms with Gasteiger partial charge in [0.05, 0.1) is 13.1 Å². The van der Waals surface area contributed by atoms with Gasteiger partial charge in [0.1, 0.15) is 18.5 Å². The highest BCUT2D eigenvalue weighted by Crippen LogP contribution is 2.15. The number of carbonyl (C=O) groups excluding carboxylic acids is 2. The molecule has 134 valence electrons. The molecule has 0 saturated heterocycles. The van der Waals surface area contributed by atoms with Crippen LogP contribution in [0.4, 0.5) is 5.69 Å². The molecular weight excluding hydrogens is 338 g/mol. The molecule has 1 unspecified atom stereocenters. The summed E-state index contributed by atoms with van der Waals surface area (Å²) in [6, 6.07) is 8.96. The SMILES string of the molecule is CC(=O)OCCN(CC(CS(=O)(=O)O)OC(C)=O)c1ccccc1. The summed E-state index contributed by atoms with van der Waals surface area (Å²) >= 11 is 0. The predicted octanol–water partition coefficient (Wildman–Crippen LogP) is 0.876. The van der Waals surface area contributed by atoms with Crippen molar-refractivity contribution >= 4 is 27.7 Å². The smallest absolute Gasteiger partial charge is 0.302 e. The van der Waals surface area contributed by atoms with Crippen molar-refractivity contribution in [3.63, 3.8) is 0 Å². The lowest BCUT2D eigenvalue weighted by Crippen LogP contribution is -2.40. The summed E-state index contributed by atoms with van der Waals surface area (Å²) in [5.41, 5.74) is 0.733. The zero-order valence-electron chi connectivity index (χ0n) is 13.5. The van der Waals surface area contributed by atoms with Crippen LogP contribution in [0.2, 0.25) is 0 Å². The third-order valence-electron chi connectivity index (χ3n) is 2.94. The fraction of sp³-hybridized carbons (Fsp3) is 0.467. The Balaban J connectivity index is 2.89. The minimum Gasteiger partial charge on any atom is -0.464 e. The van der Waals surface area contributed by atoms with Crippen molar-refractivity contribution in [2.24, 2.45) is 0 Å². The number of hydrogen-bond donors (Lipinski definition) is 1. The maximum atomic E-state index is 11.2. The van der Waals surface area contributed by atoms with Crippen LogP contribution in [0.5, 0.6) is 0 Å². The highest BCUT2D eigenvalue weighted by molar-refractivity contribution is 7.85. The summed E-state index contributed by atoms with van der Waals surface area (Å²) in [5.74, 6) is -1.81. The third kappa shape index (κ3) is 8.49. The first-order valence-corrected chi connectivity index (χ1v) is 8.84. The first kappa shape index (κ1) is 19.9. The van der Waals surface area contributed by atoms with Crippen LogP contribution in [0.1, 0.15) is 13.8 Å². The average molecular weight is 359 g/mol. The van der Waals surface area contributed by atoms with Gasteiger partial charge in [0.15, 0.2) is 0 Å². The Morgan fingerprint density at radius 2 is 1.79 bits per heavy atom. The first-order chi connectivity index (χ1) is 11.2. The Kier molecular flexibility index (Phi) is 7.66. The lowest BCUT2D eigenvalue weighted by Gasteiger charge is -2.28. The van der Waals surface area contributed by atoms with Gasteiger partial charge in [0, 0.05) is 19.5 Å². The van der Waals surface area contributed by atoms with Crippen molar-refractivity contribution in [2.45, 2.75) is 20.0 Å². The zero-order valence-corrected chi connectivity index (χ0v) is 14.4. The molecule has 0 fully saturated rings. The van der Waals surface area contributed by atoms with Crippen LogP contribution in [-0.4, -0.2) is 56.5 Å². The number of hydrogen-bond acceptors (Lipinski definition) is 7. The Labute approximate surface area is 141 Å². The molecule has 0 aliphatic heterocycles. The number of ether oxygens (including phenoxy) is 2. The average Bonchev–Trinajstić information content (AvgIpc) is 2.44. The summed E-state index contributed by atoms with van der Waals surface area (Å²) < 4.78 is 41.1. The van der Waals surface area contributed by atoms with E-state index in [1.165, 1.54) is 6.92 Å². The summed E-state index contributed by atoms with van der Waals surface area (Å²) in [4.78, 5) is 23.8. The molecule has 0 radical (unpaired) electrons. The van der Waals surface area contributed by atoms with Gasteiger partial charge in [0.25, 0.3) is 10.1 Å². The normalized spacial score (nSPS) is 12.3. The Hall–Kier alpha value is -2.13. The molecule has 24 heavy (non-hydrogen) atoms. The van der Waals surface area contributed by atoms with Crippen molar-refractivity contribution in [2.75, 3.05) is 30.3 Å². The van der Waals surface area contributed by atoms with Gasteiger partial charge in [-0.2, -0.15) is 8.42 Å². The third-order valence-corrected chi connectivity index (χ3v) is 3.73. The molecule has 0 spiro atoms. The van der Waals surface area contributed by atoms with E-state index in [0.717, 1.165) is 12.6 Å². The van der Waals surface area contributed by atoms with Gasteiger partial charge in [-0.1, -0.05) is 18.2 Å². The first-order valence-electron chi connectivity index (χ1n) is 7.23. The lowest BCUT2D eigenvalue weighted by molar-refractivity contribution is -0.144. The molecule has 8 nitrogen and oxygen atoms in total. The quantitative estimate of drug-likeness (QED) is 0.511. The van der Waals surface area contributed by atoms with Crippen LogP contribution >= 0.6 is 0 Å². The van der Waals surface area contributed by atoms with Gasteiger partial charge in [-0.05, 0) is 12.1 Å². The second-order valence-corrected chi connectivity index (χ2v) is 6.60. The molecule has 0 aliphatic rings. The number of benzene rings is 1. The van der Waals surface area contributed by atoms with Gasteiger partial charge < -0.3 is 14.4 Å². The molecule has 0 aliphatic carbocycles. The molecule has 0 bridgehead atoms. The number of esters is 2. The minimum absolute atomic E-state index is 0.0185. The van der Waals surface area contributed by atoms with Crippen LogP contribution in [0.3, 0.4) is 0 Å². The van der Waals surface area contributed by atoms with Gasteiger partial charge in [-0.25, -0.2) is 0 Å². The Morgan fingerprint density at radius 1 is 1.17 bits per heavy atom. The van der Waals surface area contributed by atoms with E-state index < -0.39 is 33.9 Å². The second kappa shape index (κ2) is 9.24. The van der Waals surface area contributed by atoms with Crippen LogP contribution in [-0.2, 0) is 29.2 Å². The van der Waals surface area contributed by atoms with Gasteiger partial charge in [0.2, 0.25) is 0 Å². The molecule has 1 rings (SSSR count). The van der Waals surface area contributed by atoms with Crippen LogP contribution in [0.25, 0.3) is 0 Å². The van der Waals surface area contributed by atoms with Crippen molar-refractivity contribution in [3.05, 3.63) is 30.3 Å². The minimum atomic E-state index is -4.32. The molecule has 1 aromatic rings. The highest BCUT2D eigenvalue weighted by atomic mass is 32.2. The van der Waals surface area contributed by atoms with E-state index >= 15 is 0 Å². The van der Waals surface area contributed by atoms with E-state index in [2.05, 4.69) is 0 Å². The molecule has 0 heterocycles. The van der Waals surface area contributed by atoms with Gasteiger partial charge in [-0.15, -0.1) is 0 Å². The molecular formula is C15H21NO7S. The summed E-state index contributed by atoms with van der Waals surface area (Å²) in [6.07, 6.45) is -1.06. The standard InChI is InChI=1S/C15H21NO7S/c1-12(17)22-9-8-16(14-6-4-3-5-7-14)10-15(23-13(2)18)11-24(19,20)21/h3-7,15H,8-11H2,1-2H3,(H,19,20,21). The Morgan fingerprint density at radius 3 is 2.29 bits per heavy atom. The number of para-hydroxylation sites is 1. The van der Waals surface area contributed by atoms with Gasteiger partial charge in [-0.3, -0.25) is 14.1 Å². The summed E-state index contributed by atoms with van der Waals surface area (Å²) in [7, 11) is -4.32. The number of rotatable bonds is 9. The molecule has 1 N–H and O–H groups in total. The molecule has 1 atom stereocenters. The van der Waals surface area contributed by atoms with Crippen molar-refractivity contribution < 1.29 is 32.0 Å². The zero-order chi connectivity index (χ0) is 18.2. The maximum absolute atomic E-state index is 11.2. The number of nitrogens with zero attached hydrogens (tertiary/aromatic N) is 1. The number of carbonyl (C=O) groups is 2. The summed E-state index contributed by atoms with van der Waals surface area (Å²) in [6.45, 7) is 2.82. The Bertz CT molecular complexity index is 645. The van der Waals surface area contributed by atoms with E-state index in [4.69, 9.17) is 14.0 Å². The summed E-state index contributed by atoms with van der Waals surface area (Å²) in [5, 5.41) is 0. The molecule has 0 saturated carbocycles. The van der Waals surface area contributed by atoms with Crippen molar-refractivity contribution in [1.29, 1.82) is 0 Å². The predicted molar refractivity (Wildman–Crippen MR) is 87.3 cm³/mol. The van der Waals surface area contributed by atoms with E-state index in [0.29, 0.717) is 0 Å². The van der Waals surface area contributed by atoms with Crippen molar-refractivity contribution in [3.8, 4) is 0 Å². The molecule has 9 heteroatoms. The molecule has 1 aromatic carbocycles. The van der Waals surface area contributed by atoms with Crippen LogP contribution in [0.15, 0.2) is 30.3 Å². The fourth-order valence-electron chi connectivity index (χ4n) is 2.10. The monoisotopic (exact) mass is 359 g/mol. The van der Waals surface area contributed by atoms with Gasteiger partial charge >= 0.3 is 11.9 Å². The number of anilines is 1. The topological polar surface area (TPSA) is 110 Å². The lowest BCUT2D eigenvalue weighted by atomic mass is 10.2. The van der Waals surface area contributed by atoms with Crippen LogP contribution < -0.4 is 4.90 Å². The second-order valence-electron chi connectivity index (χ2n) is 5.10. The van der Waals surface area contributed by atoms with Crippen LogP contribution in [0, 0.1) is 0 Å². The van der Waals surface area contributed by atoms with E-state index in [1.807, 2.05) is 6.07 Å². The molecule has 0 amide bonds. The van der Waals surface area contributed by atoms with Crippen molar-refractivity contribution in [1.82, 2.24) is 0 Å². The molecule has 0 aromatic heterocycles. The fourth-order valence-corrected chi connectivity index (χ4v) is 2.75. The maximum Gasteiger partial charge on any atom is 0.302 e.